The maximum Gasteiger partial charge on any atom is 0.194 e. The number of guanidine groups is 1. The SMILES string of the molecule is CCNC(=NCCSC)N1CCN(c2ccccc2F)CC1.I. The van der Waals surface area contributed by atoms with Crippen molar-refractivity contribution in [2.75, 3.05) is 56.2 Å². The lowest BCUT2D eigenvalue weighted by Crippen LogP contribution is -2.52. The van der Waals surface area contributed by atoms with Gasteiger partial charge >= 0.3 is 0 Å². The molecule has 130 valence electrons. The molecule has 4 nitrogen and oxygen atoms in total. The highest BCUT2D eigenvalue weighted by Gasteiger charge is 2.21. The molecule has 1 aliphatic heterocycles. The fourth-order valence-corrected chi connectivity index (χ4v) is 2.81. The van der Waals surface area contributed by atoms with Gasteiger partial charge in [0, 0.05) is 38.5 Å². The van der Waals surface area contributed by atoms with Crippen LogP contribution in [0.3, 0.4) is 0 Å². The number of anilines is 1. The minimum absolute atomic E-state index is 0. The predicted octanol–water partition coefficient (Wildman–Crippen LogP) is 2.89. The highest BCUT2D eigenvalue weighted by molar-refractivity contribution is 14.0. The van der Waals surface area contributed by atoms with E-state index >= 15 is 0 Å². The maximum atomic E-state index is 13.9. The first-order chi connectivity index (χ1) is 10.8. The van der Waals surface area contributed by atoms with Crippen LogP contribution >= 0.6 is 35.7 Å². The van der Waals surface area contributed by atoms with Crippen LogP contribution in [0, 0.1) is 5.82 Å². The molecule has 7 heteroatoms. The minimum Gasteiger partial charge on any atom is -0.366 e. The number of hydrogen-bond acceptors (Lipinski definition) is 3. The number of rotatable bonds is 5. The smallest absolute Gasteiger partial charge is 0.194 e. The fourth-order valence-electron chi connectivity index (χ4n) is 2.54. The highest BCUT2D eigenvalue weighted by atomic mass is 127. The van der Waals surface area contributed by atoms with Crippen molar-refractivity contribution in [1.29, 1.82) is 0 Å². The summed E-state index contributed by atoms with van der Waals surface area (Å²) >= 11 is 1.80. The lowest BCUT2D eigenvalue weighted by Gasteiger charge is -2.37. The molecule has 1 aliphatic rings. The third-order valence-corrected chi connectivity index (χ3v) is 4.26. The molecule has 0 bridgehead atoms. The van der Waals surface area contributed by atoms with Gasteiger partial charge in [0.2, 0.25) is 0 Å². The van der Waals surface area contributed by atoms with Gasteiger partial charge in [-0.2, -0.15) is 11.8 Å². The van der Waals surface area contributed by atoms with Crippen LogP contribution in [0.2, 0.25) is 0 Å². The number of aliphatic imine (C=N–C) groups is 1. The molecule has 0 amide bonds. The summed E-state index contributed by atoms with van der Waals surface area (Å²) in [5.74, 6) is 1.87. The molecule has 0 saturated carbocycles. The molecule has 1 aromatic rings. The lowest BCUT2D eigenvalue weighted by molar-refractivity contribution is 0.371. The molecule has 1 N–H and O–H groups in total. The van der Waals surface area contributed by atoms with E-state index in [1.165, 1.54) is 6.07 Å². The molecule has 0 atom stereocenters. The van der Waals surface area contributed by atoms with E-state index in [2.05, 4.69) is 33.3 Å². The van der Waals surface area contributed by atoms with Crippen molar-refractivity contribution in [2.45, 2.75) is 6.92 Å². The minimum atomic E-state index is -0.142. The molecule has 0 aromatic heterocycles. The van der Waals surface area contributed by atoms with Gasteiger partial charge in [-0.15, -0.1) is 24.0 Å². The number of halogens is 2. The summed E-state index contributed by atoms with van der Waals surface area (Å²) in [5.41, 5.74) is 0.700. The Morgan fingerprint density at radius 1 is 1.26 bits per heavy atom. The van der Waals surface area contributed by atoms with Crippen LogP contribution in [-0.2, 0) is 0 Å². The summed E-state index contributed by atoms with van der Waals surface area (Å²) in [6.45, 7) is 7.13. The van der Waals surface area contributed by atoms with Gasteiger partial charge < -0.3 is 15.1 Å². The fraction of sp³-hybridized carbons (Fsp3) is 0.562. The zero-order chi connectivity index (χ0) is 15.8. The Hall–Kier alpha value is -0.700. The van der Waals surface area contributed by atoms with Crippen molar-refractivity contribution < 1.29 is 4.39 Å². The number of hydrogen-bond donors (Lipinski definition) is 1. The molecule has 1 saturated heterocycles. The van der Waals surface area contributed by atoms with Crippen molar-refractivity contribution in [3.05, 3.63) is 30.1 Å². The van der Waals surface area contributed by atoms with Crippen molar-refractivity contribution in [2.24, 2.45) is 4.99 Å². The summed E-state index contributed by atoms with van der Waals surface area (Å²) in [6, 6.07) is 6.99. The highest BCUT2D eigenvalue weighted by Crippen LogP contribution is 2.20. The number of piperazine rings is 1. The normalized spacial score (nSPS) is 15.3. The van der Waals surface area contributed by atoms with Crippen LogP contribution in [0.25, 0.3) is 0 Å². The van der Waals surface area contributed by atoms with Gasteiger partial charge in [0.05, 0.1) is 12.2 Å². The van der Waals surface area contributed by atoms with E-state index in [0.717, 1.165) is 51.0 Å². The summed E-state index contributed by atoms with van der Waals surface area (Å²) in [6.07, 6.45) is 2.09. The van der Waals surface area contributed by atoms with Crippen LogP contribution in [0.4, 0.5) is 10.1 Å². The molecular weight excluding hydrogens is 426 g/mol. The summed E-state index contributed by atoms with van der Waals surface area (Å²) in [5, 5.41) is 3.35. The molecule has 1 heterocycles. The van der Waals surface area contributed by atoms with Crippen LogP contribution in [0.15, 0.2) is 29.3 Å². The third-order valence-electron chi connectivity index (χ3n) is 3.66. The first kappa shape index (κ1) is 20.3. The topological polar surface area (TPSA) is 30.9 Å². The molecule has 1 fully saturated rings. The van der Waals surface area contributed by atoms with E-state index in [0.29, 0.717) is 5.69 Å². The average Bonchev–Trinajstić information content (AvgIpc) is 2.55. The van der Waals surface area contributed by atoms with Crippen molar-refractivity contribution in [3.8, 4) is 0 Å². The summed E-state index contributed by atoms with van der Waals surface area (Å²) in [4.78, 5) is 9.03. The van der Waals surface area contributed by atoms with Crippen LogP contribution in [-0.4, -0.2) is 62.1 Å². The van der Waals surface area contributed by atoms with Crippen LogP contribution in [0.1, 0.15) is 6.92 Å². The Labute approximate surface area is 159 Å². The summed E-state index contributed by atoms with van der Waals surface area (Å²) in [7, 11) is 0. The second-order valence-corrected chi connectivity index (χ2v) is 6.14. The first-order valence-corrected chi connectivity index (χ1v) is 9.17. The first-order valence-electron chi connectivity index (χ1n) is 7.78. The van der Waals surface area contributed by atoms with E-state index in [-0.39, 0.29) is 29.8 Å². The quantitative estimate of drug-likeness (QED) is 0.322. The lowest BCUT2D eigenvalue weighted by atomic mass is 10.2. The van der Waals surface area contributed by atoms with Gasteiger partial charge in [-0.25, -0.2) is 4.39 Å². The molecule has 23 heavy (non-hydrogen) atoms. The molecule has 2 rings (SSSR count). The van der Waals surface area contributed by atoms with E-state index in [9.17, 15) is 4.39 Å². The molecule has 1 aromatic carbocycles. The molecule has 0 unspecified atom stereocenters. The second kappa shape index (κ2) is 11.0. The second-order valence-electron chi connectivity index (χ2n) is 5.15. The van der Waals surface area contributed by atoms with Crippen LogP contribution < -0.4 is 10.2 Å². The van der Waals surface area contributed by atoms with Crippen molar-refractivity contribution in [3.63, 3.8) is 0 Å². The Bertz CT molecular complexity index is 493. The van der Waals surface area contributed by atoms with Gasteiger partial charge in [-0.05, 0) is 25.3 Å². The Morgan fingerprint density at radius 2 is 1.96 bits per heavy atom. The summed E-state index contributed by atoms with van der Waals surface area (Å²) < 4.78 is 13.9. The van der Waals surface area contributed by atoms with Crippen LogP contribution in [0.5, 0.6) is 0 Å². The molecule has 0 radical (unpaired) electrons. The predicted molar refractivity (Wildman–Crippen MR) is 110 cm³/mol. The number of para-hydroxylation sites is 1. The van der Waals surface area contributed by atoms with E-state index in [1.54, 1.807) is 17.8 Å². The zero-order valence-corrected chi connectivity index (χ0v) is 16.9. The monoisotopic (exact) mass is 452 g/mol. The maximum absolute atomic E-state index is 13.9. The zero-order valence-electron chi connectivity index (χ0n) is 13.8. The van der Waals surface area contributed by atoms with Gasteiger partial charge in [0.15, 0.2) is 5.96 Å². The van der Waals surface area contributed by atoms with Crippen molar-refractivity contribution in [1.82, 2.24) is 10.2 Å². The molecule has 0 spiro atoms. The number of thioether (sulfide) groups is 1. The van der Waals surface area contributed by atoms with E-state index < -0.39 is 0 Å². The van der Waals surface area contributed by atoms with E-state index in [4.69, 9.17) is 0 Å². The third kappa shape index (κ3) is 6.02. The number of nitrogens with one attached hydrogen (secondary N) is 1. The standard InChI is InChI=1S/C16H25FN4S.HI/c1-3-18-16(19-8-13-22-2)21-11-9-20(10-12-21)15-7-5-4-6-14(15)17;/h4-7H,3,8-13H2,1-2H3,(H,18,19);1H. The van der Waals surface area contributed by atoms with Gasteiger partial charge in [-0.1, -0.05) is 12.1 Å². The Kier molecular flexibility index (Phi) is 9.69. The van der Waals surface area contributed by atoms with E-state index in [1.807, 2.05) is 12.1 Å². The Morgan fingerprint density at radius 3 is 2.57 bits per heavy atom. The molecular formula is C16H26FIN4S. The number of nitrogens with zero attached hydrogens (tertiary/aromatic N) is 3. The van der Waals surface area contributed by atoms with Gasteiger partial charge in [-0.3, -0.25) is 4.99 Å². The van der Waals surface area contributed by atoms with Gasteiger partial charge in [0.25, 0.3) is 0 Å². The van der Waals surface area contributed by atoms with Crippen molar-refractivity contribution >= 4 is 47.4 Å². The Balaban J connectivity index is 0.00000264. The average molecular weight is 452 g/mol. The van der Waals surface area contributed by atoms with Gasteiger partial charge in [0.1, 0.15) is 5.82 Å². The molecule has 0 aliphatic carbocycles. The number of benzene rings is 1. The largest absolute Gasteiger partial charge is 0.366 e.